The van der Waals surface area contributed by atoms with Crippen molar-refractivity contribution in [3.63, 3.8) is 0 Å². The molecule has 0 unspecified atom stereocenters. The Hall–Kier alpha value is -2.90. The molecule has 3 heterocycles. The SMILES string of the molecule is COC(=O)N1CC[C@@]2(C)C[C@H](N(C)c3nc(-c4ccncc4)cc(=O)n3C)CC[C@@H]12. The van der Waals surface area contributed by atoms with Gasteiger partial charge in [-0.15, -0.1) is 0 Å². The number of anilines is 1. The maximum Gasteiger partial charge on any atom is 0.409 e. The zero-order chi connectivity index (χ0) is 21.5. The first-order valence-corrected chi connectivity index (χ1v) is 10.4. The Morgan fingerprint density at radius 3 is 2.73 bits per heavy atom. The minimum absolute atomic E-state index is 0.0347. The first kappa shape index (κ1) is 20.4. The van der Waals surface area contributed by atoms with Crippen LogP contribution in [0.5, 0.6) is 0 Å². The second-order valence-corrected chi connectivity index (χ2v) is 8.70. The van der Waals surface area contributed by atoms with Crippen molar-refractivity contribution in [1.82, 2.24) is 19.4 Å². The molecule has 0 bridgehead atoms. The van der Waals surface area contributed by atoms with Gasteiger partial charge < -0.3 is 14.5 Å². The van der Waals surface area contributed by atoms with E-state index in [9.17, 15) is 9.59 Å². The molecule has 2 aromatic rings. The van der Waals surface area contributed by atoms with Gasteiger partial charge in [0.2, 0.25) is 5.95 Å². The molecule has 1 saturated heterocycles. The molecule has 0 radical (unpaired) electrons. The van der Waals surface area contributed by atoms with Gasteiger partial charge in [0, 0.05) is 56.7 Å². The summed E-state index contributed by atoms with van der Waals surface area (Å²) < 4.78 is 6.59. The van der Waals surface area contributed by atoms with E-state index >= 15 is 0 Å². The van der Waals surface area contributed by atoms with Gasteiger partial charge in [-0.1, -0.05) is 6.92 Å². The van der Waals surface area contributed by atoms with Crippen LogP contribution in [0.15, 0.2) is 35.4 Å². The minimum Gasteiger partial charge on any atom is -0.453 e. The molecule has 1 saturated carbocycles. The summed E-state index contributed by atoms with van der Waals surface area (Å²) in [5.41, 5.74) is 1.47. The summed E-state index contributed by atoms with van der Waals surface area (Å²) in [6.07, 6.45) is 6.92. The van der Waals surface area contributed by atoms with Gasteiger partial charge in [0.15, 0.2) is 0 Å². The third kappa shape index (κ3) is 3.44. The second-order valence-electron chi connectivity index (χ2n) is 8.70. The maximum atomic E-state index is 12.6. The number of carbonyl (C=O) groups is 1. The van der Waals surface area contributed by atoms with Crippen molar-refractivity contribution in [3.8, 4) is 11.3 Å². The zero-order valence-corrected chi connectivity index (χ0v) is 18.0. The molecule has 3 atom stereocenters. The number of ether oxygens (including phenoxy) is 1. The van der Waals surface area contributed by atoms with E-state index in [0.717, 1.165) is 37.8 Å². The number of methoxy groups -OCH3 is 1. The number of likely N-dealkylation sites (tertiary alicyclic amines) is 1. The Bertz CT molecular complexity index is 992. The molecule has 0 spiro atoms. The molecule has 1 aliphatic carbocycles. The monoisotopic (exact) mass is 411 g/mol. The van der Waals surface area contributed by atoms with Crippen LogP contribution in [0.3, 0.4) is 0 Å². The van der Waals surface area contributed by atoms with E-state index in [2.05, 4.69) is 16.8 Å². The predicted molar refractivity (Wildman–Crippen MR) is 114 cm³/mol. The normalized spacial score (nSPS) is 25.7. The lowest BCUT2D eigenvalue weighted by Gasteiger charge is -2.45. The van der Waals surface area contributed by atoms with E-state index in [1.807, 2.05) is 24.1 Å². The zero-order valence-electron chi connectivity index (χ0n) is 18.0. The van der Waals surface area contributed by atoms with Gasteiger partial charge >= 0.3 is 6.09 Å². The molecular weight excluding hydrogens is 382 g/mol. The van der Waals surface area contributed by atoms with Crippen molar-refractivity contribution < 1.29 is 9.53 Å². The summed E-state index contributed by atoms with van der Waals surface area (Å²) in [5, 5.41) is 0. The van der Waals surface area contributed by atoms with Crippen molar-refractivity contribution in [1.29, 1.82) is 0 Å². The van der Waals surface area contributed by atoms with Crippen LogP contribution in [-0.4, -0.2) is 58.3 Å². The number of aromatic nitrogens is 3. The van der Waals surface area contributed by atoms with E-state index in [1.54, 1.807) is 30.1 Å². The fraction of sp³-hybridized carbons (Fsp3) is 0.545. The van der Waals surface area contributed by atoms with Crippen LogP contribution in [0.4, 0.5) is 10.7 Å². The number of carbonyl (C=O) groups excluding carboxylic acids is 1. The number of amides is 1. The smallest absolute Gasteiger partial charge is 0.409 e. The molecule has 8 heteroatoms. The summed E-state index contributed by atoms with van der Waals surface area (Å²) in [7, 11) is 5.22. The van der Waals surface area contributed by atoms with Crippen molar-refractivity contribution in [2.24, 2.45) is 12.5 Å². The van der Waals surface area contributed by atoms with Gasteiger partial charge in [-0.2, -0.15) is 0 Å². The summed E-state index contributed by atoms with van der Waals surface area (Å²) in [5.74, 6) is 0.657. The average molecular weight is 412 g/mol. The fourth-order valence-electron chi connectivity index (χ4n) is 5.15. The van der Waals surface area contributed by atoms with Gasteiger partial charge in [0.1, 0.15) is 0 Å². The maximum absolute atomic E-state index is 12.6. The Kier molecular flexibility index (Phi) is 5.26. The Balaban J connectivity index is 1.60. The second kappa shape index (κ2) is 7.74. The first-order chi connectivity index (χ1) is 14.3. The molecule has 30 heavy (non-hydrogen) atoms. The lowest BCUT2D eigenvalue weighted by molar-refractivity contribution is 0.0786. The molecule has 2 fully saturated rings. The molecule has 1 amide bonds. The Morgan fingerprint density at radius 1 is 1.30 bits per heavy atom. The highest BCUT2D eigenvalue weighted by Crippen LogP contribution is 2.48. The van der Waals surface area contributed by atoms with Gasteiger partial charge in [0.25, 0.3) is 5.56 Å². The number of fused-ring (bicyclic) bond motifs is 1. The van der Waals surface area contributed by atoms with E-state index in [4.69, 9.17) is 9.72 Å². The Labute approximate surface area is 176 Å². The molecule has 1 aliphatic heterocycles. The predicted octanol–water partition coefficient (Wildman–Crippen LogP) is 2.68. The molecule has 2 aromatic heterocycles. The van der Waals surface area contributed by atoms with E-state index in [-0.39, 0.29) is 29.2 Å². The average Bonchev–Trinajstić information content (AvgIpc) is 3.11. The minimum atomic E-state index is -0.232. The Morgan fingerprint density at radius 2 is 2.03 bits per heavy atom. The van der Waals surface area contributed by atoms with Crippen LogP contribution >= 0.6 is 0 Å². The van der Waals surface area contributed by atoms with Crippen LogP contribution in [0.1, 0.15) is 32.6 Å². The molecule has 8 nitrogen and oxygen atoms in total. The topological polar surface area (TPSA) is 80.6 Å². The molecule has 0 aromatic carbocycles. The van der Waals surface area contributed by atoms with Crippen LogP contribution < -0.4 is 10.5 Å². The number of nitrogens with zero attached hydrogens (tertiary/aromatic N) is 5. The van der Waals surface area contributed by atoms with Gasteiger partial charge in [0.05, 0.1) is 12.8 Å². The largest absolute Gasteiger partial charge is 0.453 e. The van der Waals surface area contributed by atoms with Gasteiger partial charge in [-0.25, -0.2) is 9.78 Å². The lowest BCUT2D eigenvalue weighted by atomic mass is 9.70. The molecular formula is C22H29N5O3. The van der Waals surface area contributed by atoms with Crippen molar-refractivity contribution in [3.05, 3.63) is 40.9 Å². The van der Waals surface area contributed by atoms with Gasteiger partial charge in [-0.05, 0) is 43.2 Å². The fourth-order valence-corrected chi connectivity index (χ4v) is 5.15. The highest BCUT2D eigenvalue weighted by molar-refractivity contribution is 5.68. The summed E-state index contributed by atoms with van der Waals surface area (Å²) in [4.78, 5) is 37.7. The number of hydrogen-bond donors (Lipinski definition) is 0. The van der Waals surface area contributed by atoms with E-state index in [0.29, 0.717) is 11.6 Å². The van der Waals surface area contributed by atoms with Crippen molar-refractivity contribution in [2.75, 3.05) is 25.6 Å². The number of hydrogen-bond acceptors (Lipinski definition) is 6. The number of rotatable bonds is 3. The third-order valence-corrected chi connectivity index (χ3v) is 6.94. The van der Waals surface area contributed by atoms with Crippen molar-refractivity contribution >= 4 is 12.0 Å². The summed E-state index contributed by atoms with van der Waals surface area (Å²) in [6, 6.07) is 5.73. The van der Waals surface area contributed by atoms with E-state index in [1.165, 1.54) is 7.11 Å². The van der Waals surface area contributed by atoms with Crippen LogP contribution in [0.25, 0.3) is 11.3 Å². The quantitative estimate of drug-likeness (QED) is 0.773. The first-order valence-electron chi connectivity index (χ1n) is 10.4. The molecule has 0 N–H and O–H groups in total. The molecule has 4 rings (SSSR count). The number of pyridine rings is 1. The highest BCUT2D eigenvalue weighted by Gasteiger charge is 2.50. The van der Waals surface area contributed by atoms with Crippen LogP contribution in [0.2, 0.25) is 0 Å². The van der Waals surface area contributed by atoms with E-state index < -0.39 is 0 Å². The van der Waals surface area contributed by atoms with Crippen LogP contribution in [0, 0.1) is 5.41 Å². The van der Waals surface area contributed by atoms with Gasteiger partial charge in [-0.3, -0.25) is 14.3 Å². The summed E-state index contributed by atoms with van der Waals surface area (Å²) >= 11 is 0. The standard InChI is InChI=1S/C22H29N5O3/c1-22-9-12-27(21(29)30-4)18(22)6-5-16(14-22)25(2)20-24-17(13-19(28)26(20)3)15-7-10-23-11-8-15/h7-8,10-11,13,16,18H,5-6,9,12,14H2,1-4H3/t16-,18-,22+/m1/s1. The van der Waals surface area contributed by atoms with Crippen molar-refractivity contribution in [2.45, 2.75) is 44.7 Å². The lowest BCUT2D eigenvalue weighted by Crippen LogP contribution is -2.50. The van der Waals surface area contributed by atoms with Crippen LogP contribution in [-0.2, 0) is 11.8 Å². The molecule has 160 valence electrons. The molecule has 2 aliphatic rings. The summed E-state index contributed by atoms with van der Waals surface area (Å²) in [6.45, 7) is 3.00. The third-order valence-electron chi connectivity index (χ3n) is 6.94. The highest BCUT2D eigenvalue weighted by atomic mass is 16.5.